The number of hydrogen-bond donors (Lipinski definition) is 0. The Balaban J connectivity index is 1.62. The van der Waals surface area contributed by atoms with Gasteiger partial charge in [0, 0.05) is 12.1 Å². The highest BCUT2D eigenvalue weighted by molar-refractivity contribution is 5.92. The molecular formula is C23H30N2O6. The van der Waals surface area contributed by atoms with Crippen molar-refractivity contribution in [3.05, 3.63) is 40.8 Å². The van der Waals surface area contributed by atoms with E-state index in [4.69, 9.17) is 18.7 Å². The van der Waals surface area contributed by atoms with Crippen molar-refractivity contribution in [2.75, 3.05) is 13.7 Å². The summed E-state index contributed by atoms with van der Waals surface area (Å²) in [6.07, 6.45) is 3.05. The molecule has 1 fully saturated rings. The Labute approximate surface area is 182 Å². The van der Waals surface area contributed by atoms with Gasteiger partial charge in [-0.15, -0.1) is 0 Å². The second-order valence-electron chi connectivity index (χ2n) is 7.96. The van der Waals surface area contributed by atoms with E-state index in [1.165, 1.54) is 7.11 Å². The van der Waals surface area contributed by atoms with Crippen molar-refractivity contribution in [1.29, 1.82) is 0 Å². The van der Waals surface area contributed by atoms with Gasteiger partial charge in [0.2, 0.25) is 0 Å². The number of benzene rings is 1. The lowest BCUT2D eigenvalue weighted by atomic mass is 9.97. The highest BCUT2D eigenvalue weighted by atomic mass is 16.5. The van der Waals surface area contributed by atoms with Crippen LogP contribution in [0.3, 0.4) is 0 Å². The van der Waals surface area contributed by atoms with Gasteiger partial charge in [0.15, 0.2) is 18.1 Å². The number of methoxy groups -OCH3 is 1. The van der Waals surface area contributed by atoms with Crippen LogP contribution in [-0.2, 0) is 16.1 Å². The van der Waals surface area contributed by atoms with Crippen LogP contribution < -0.4 is 9.47 Å². The van der Waals surface area contributed by atoms with Gasteiger partial charge >= 0.3 is 5.97 Å². The number of piperidine rings is 1. The summed E-state index contributed by atoms with van der Waals surface area (Å²) in [5.74, 6) is 0.816. The van der Waals surface area contributed by atoms with Crippen LogP contribution in [0.15, 0.2) is 22.7 Å². The molecule has 31 heavy (non-hydrogen) atoms. The molecule has 1 aliphatic heterocycles. The minimum Gasteiger partial charge on any atom is -0.493 e. The van der Waals surface area contributed by atoms with Gasteiger partial charge in [0.1, 0.15) is 12.4 Å². The maximum absolute atomic E-state index is 12.6. The van der Waals surface area contributed by atoms with E-state index in [-0.39, 0.29) is 36.8 Å². The largest absolute Gasteiger partial charge is 0.493 e. The first-order valence-electron chi connectivity index (χ1n) is 10.5. The molecule has 0 spiro atoms. The van der Waals surface area contributed by atoms with E-state index in [1.54, 1.807) is 18.2 Å². The predicted octanol–water partition coefficient (Wildman–Crippen LogP) is 3.83. The number of hydrogen-bond acceptors (Lipinski definition) is 7. The maximum Gasteiger partial charge on any atom is 0.338 e. The molecule has 1 aromatic carbocycles. The van der Waals surface area contributed by atoms with Crippen molar-refractivity contribution in [2.24, 2.45) is 0 Å². The Morgan fingerprint density at radius 2 is 1.87 bits per heavy atom. The lowest BCUT2D eigenvalue weighted by Crippen LogP contribution is -2.49. The number of likely N-dealkylation sites (tertiary alicyclic amines) is 1. The first-order valence-corrected chi connectivity index (χ1v) is 10.5. The molecule has 3 rings (SSSR count). The monoisotopic (exact) mass is 430 g/mol. The van der Waals surface area contributed by atoms with Crippen LogP contribution in [0.4, 0.5) is 0 Å². The SMILES string of the molecule is COc1cc(C(=O)OCC(=O)N2C(C)CCCC2C)ccc1OCc1c(C)noc1C. The van der Waals surface area contributed by atoms with E-state index >= 15 is 0 Å². The third-order valence-corrected chi connectivity index (χ3v) is 5.76. The Morgan fingerprint density at radius 1 is 1.16 bits per heavy atom. The van der Waals surface area contributed by atoms with E-state index in [1.807, 2.05) is 32.6 Å². The number of aromatic nitrogens is 1. The molecular weight excluding hydrogens is 400 g/mol. The summed E-state index contributed by atoms with van der Waals surface area (Å²) in [6, 6.07) is 5.09. The summed E-state index contributed by atoms with van der Waals surface area (Å²) in [4.78, 5) is 26.9. The van der Waals surface area contributed by atoms with Gasteiger partial charge in [0.25, 0.3) is 5.91 Å². The topological polar surface area (TPSA) is 91.1 Å². The zero-order valence-electron chi connectivity index (χ0n) is 18.8. The number of nitrogens with zero attached hydrogens (tertiary/aromatic N) is 2. The number of esters is 1. The molecule has 0 N–H and O–H groups in total. The average molecular weight is 431 g/mol. The van der Waals surface area contributed by atoms with Gasteiger partial charge in [-0.05, 0) is 65.2 Å². The van der Waals surface area contributed by atoms with Crippen LogP contribution in [0.2, 0.25) is 0 Å². The molecule has 2 unspecified atom stereocenters. The van der Waals surface area contributed by atoms with Gasteiger partial charge in [-0.25, -0.2) is 4.79 Å². The normalized spacial score (nSPS) is 18.5. The molecule has 8 heteroatoms. The van der Waals surface area contributed by atoms with E-state index in [0.717, 1.165) is 30.5 Å². The van der Waals surface area contributed by atoms with E-state index < -0.39 is 5.97 Å². The molecule has 2 aromatic rings. The van der Waals surface area contributed by atoms with Crippen molar-refractivity contribution in [3.8, 4) is 11.5 Å². The number of aryl methyl sites for hydroxylation is 2. The standard InChI is InChI=1S/C23H30N2O6/c1-14-7-6-8-15(2)25(14)22(26)13-30-23(27)18-9-10-20(21(11-18)28-5)29-12-19-16(3)24-31-17(19)4/h9-11,14-15H,6-8,12-13H2,1-5H3. The Kier molecular flexibility index (Phi) is 7.20. The van der Waals surface area contributed by atoms with Crippen LogP contribution in [0.1, 0.15) is 60.5 Å². The Bertz CT molecular complexity index is 909. The Morgan fingerprint density at radius 3 is 2.48 bits per heavy atom. The van der Waals surface area contributed by atoms with E-state index in [9.17, 15) is 9.59 Å². The minimum atomic E-state index is -0.582. The van der Waals surface area contributed by atoms with Crippen molar-refractivity contribution in [3.63, 3.8) is 0 Å². The summed E-state index contributed by atoms with van der Waals surface area (Å²) in [6.45, 7) is 7.71. The fraction of sp³-hybridized carbons (Fsp3) is 0.522. The third kappa shape index (κ3) is 5.18. The molecule has 1 aliphatic rings. The lowest BCUT2D eigenvalue weighted by Gasteiger charge is -2.38. The molecule has 1 amide bonds. The second kappa shape index (κ2) is 9.85. The van der Waals surface area contributed by atoms with Crippen LogP contribution in [0.5, 0.6) is 11.5 Å². The summed E-state index contributed by atoms with van der Waals surface area (Å²) < 4.78 is 21.6. The molecule has 1 aromatic heterocycles. The fourth-order valence-electron chi connectivity index (χ4n) is 3.97. The number of carbonyl (C=O) groups excluding carboxylic acids is 2. The first-order chi connectivity index (χ1) is 14.8. The zero-order valence-corrected chi connectivity index (χ0v) is 18.8. The first kappa shape index (κ1) is 22.7. The molecule has 0 radical (unpaired) electrons. The molecule has 1 saturated heterocycles. The summed E-state index contributed by atoms with van der Waals surface area (Å²) in [5, 5.41) is 3.91. The predicted molar refractivity (Wildman–Crippen MR) is 113 cm³/mol. The van der Waals surface area contributed by atoms with Crippen LogP contribution >= 0.6 is 0 Å². The van der Waals surface area contributed by atoms with Gasteiger partial charge in [-0.1, -0.05) is 5.16 Å². The van der Waals surface area contributed by atoms with Crippen LogP contribution in [-0.4, -0.2) is 47.7 Å². The number of amides is 1. The third-order valence-electron chi connectivity index (χ3n) is 5.76. The molecule has 0 saturated carbocycles. The van der Waals surface area contributed by atoms with E-state index in [0.29, 0.717) is 17.3 Å². The number of ether oxygens (including phenoxy) is 3. The number of carbonyl (C=O) groups is 2. The smallest absolute Gasteiger partial charge is 0.338 e. The van der Waals surface area contributed by atoms with Crippen LogP contribution in [0.25, 0.3) is 0 Å². The lowest BCUT2D eigenvalue weighted by molar-refractivity contribution is -0.140. The molecule has 2 atom stereocenters. The van der Waals surface area contributed by atoms with Gasteiger partial charge in [0.05, 0.1) is 23.9 Å². The van der Waals surface area contributed by atoms with Crippen molar-refractivity contribution >= 4 is 11.9 Å². The zero-order chi connectivity index (χ0) is 22.5. The van der Waals surface area contributed by atoms with Gasteiger partial charge < -0.3 is 23.6 Å². The highest BCUT2D eigenvalue weighted by Gasteiger charge is 2.29. The second-order valence-corrected chi connectivity index (χ2v) is 7.96. The minimum absolute atomic E-state index is 0.157. The van der Waals surface area contributed by atoms with Gasteiger partial charge in [-0.2, -0.15) is 0 Å². The highest BCUT2D eigenvalue weighted by Crippen LogP contribution is 2.30. The molecule has 168 valence electrons. The van der Waals surface area contributed by atoms with Gasteiger partial charge in [-0.3, -0.25) is 4.79 Å². The molecule has 0 bridgehead atoms. The summed E-state index contributed by atoms with van der Waals surface area (Å²) in [7, 11) is 1.50. The average Bonchev–Trinajstić information content (AvgIpc) is 3.07. The van der Waals surface area contributed by atoms with E-state index in [2.05, 4.69) is 5.16 Å². The molecule has 8 nitrogen and oxygen atoms in total. The Hall–Kier alpha value is -3.03. The summed E-state index contributed by atoms with van der Waals surface area (Å²) >= 11 is 0. The van der Waals surface area contributed by atoms with Crippen molar-refractivity contribution < 1.29 is 28.3 Å². The quantitative estimate of drug-likeness (QED) is 0.617. The number of rotatable bonds is 7. The fourth-order valence-corrected chi connectivity index (χ4v) is 3.97. The molecule has 0 aliphatic carbocycles. The van der Waals surface area contributed by atoms with Crippen molar-refractivity contribution in [2.45, 2.75) is 65.6 Å². The molecule has 2 heterocycles. The summed E-state index contributed by atoms with van der Waals surface area (Å²) in [5.41, 5.74) is 1.91. The maximum atomic E-state index is 12.6. The van der Waals surface area contributed by atoms with Crippen LogP contribution in [0, 0.1) is 13.8 Å². The van der Waals surface area contributed by atoms with Crippen molar-refractivity contribution in [1.82, 2.24) is 10.1 Å².